The van der Waals surface area contributed by atoms with Crippen LogP contribution in [0.1, 0.15) is 20.8 Å². The highest BCUT2D eigenvalue weighted by atomic mass is 32.7. The van der Waals surface area contributed by atoms with Gasteiger partial charge >= 0.3 is 6.72 Å². The molecule has 0 aromatic carbocycles. The van der Waals surface area contributed by atoms with Crippen molar-refractivity contribution in [1.29, 1.82) is 0 Å². The molecular formula is C8H21N2O2PS. The van der Waals surface area contributed by atoms with Crippen LogP contribution in [0.15, 0.2) is 0 Å². The third-order valence-corrected chi connectivity index (χ3v) is 5.36. The molecule has 14 heavy (non-hydrogen) atoms. The molecule has 0 radical (unpaired) electrons. The first-order chi connectivity index (χ1) is 6.54. The molecule has 1 atom stereocenters. The van der Waals surface area contributed by atoms with Crippen molar-refractivity contribution in [1.82, 2.24) is 10.4 Å². The number of rotatable bonds is 8. The standard InChI is InChI=1S/C8H21N2O2PS/c1-5-12-13(11,14-4)10-7-6-9-8(2)3/h8-9H,5-7H2,1-4H3,(H,10,11). The SMILES string of the molecule is CCOP(=O)(NCCNC(C)C)SC. The van der Waals surface area contributed by atoms with Gasteiger partial charge in [0.1, 0.15) is 0 Å². The first-order valence-electron chi connectivity index (χ1n) is 4.83. The summed E-state index contributed by atoms with van der Waals surface area (Å²) in [6.45, 7) is 5.31. The van der Waals surface area contributed by atoms with E-state index in [9.17, 15) is 4.57 Å². The molecule has 6 heteroatoms. The molecule has 0 aromatic heterocycles. The highest BCUT2D eigenvalue weighted by Gasteiger charge is 2.19. The van der Waals surface area contributed by atoms with Crippen molar-refractivity contribution < 1.29 is 9.09 Å². The minimum Gasteiger partial charge on any atom is -0.313 e. The first-order valence-corrected chi connectivity index (χ1v) is 8.28. The molecule has 0 saturated carbocycles. The van der Waals surface area contributed by atoms with Crippen molar-refractivity contribution in [2.75, 3.05) is 26.0 Å². The predicted octanol–water partition coefficient (Wildman–Crippen LogP) is 2.08. The van der Waals surface area contributed by atoms with Crippen LogP contribution in [0.3, 0.4) is 0 Å². The number of hydrogen-bond acceptors (Lipinski definition) is 4. The maximum Gasteiger partial charge on any atom is 0.326 e. The van der Waals surface area contributed by atoms with E-state index in [0.29, 0.717) is 19.2 Å². The van der Waals surface area contributed by atoms with Gasteiger partial charge in [0, 0.05) is 19.1 Å². The van der Waals surface area contributed by atoms with Crippen molar-refractivity contribution >= 4 is 18.1 Å². The average Bonchev–Trinajstić information content (AvgIpc) is 2.13. The van der Waals surface area contributed by atoms with Crippen molar-refractivity contribution in [3.8, 4) is 0 Å². The van der Waals surface area contributed by atoms with Crippen LogP contribution >= 0.6 is 18.1 Å². The maximum atomic E-state index is 11.8. The molecule has 0 bridgehead atoms. The summed E-state index contributed by atoms with van der Waals surface area (Å²) in [7, 11) is 0. The topological polar surface area (TPSA) is 50.4 Å². The molecule has 0 aliphatic carbocycles. The van der Waals surface area contributed by atoms with Gasteiger partial charge in [-0.2, -0.15) is 0 Å². The highest BCUT2D eigenvalue weighted by Crippen LogP contribution is 2.53. The van der Waals surface area contributed by atoms with Crippen LogP contribution in [0.25, 0.3) is 0 Å². The highest BCUT2D eigenvalue weighted by molar-refractivity contribution is 8.55. The van der Waals surface area contributed by atoms with Gasteiger partial charge in [-0.3, -0.25) is 4.57 Å². The van der Waals surface area contributed by atoms with Gasteiger partial charge in [-0.1, -0.05) is 25.2 Å². The van der Waals surface area contributed by atoms with Gasteiger partial charge in [-0.25, -0.2) is 5.09 Å². The van der Waals surface area contributed by atoms with Gasteiger partial charge in [-0.05, 0) is 13.2 Å². The van der Waals surface area contributed by atoms with Gasteiger partial charge in [-0.15, -0.1) is 0 Å². The lowest BCUT2D eigenvalue weighted by Crippen LogP contribution is -2.30. The molecule has 0 rings (SSSR count). The molecule has 0 saturated heterocycles. The number of hydrogen-bond donors (Lipinski definition) is 2. The minimum atomic E-state index is -2.63. The Morgan fingerprint density at radius 1 is 1.43 bits per heavy atom. The molecule has 0 spiro atoms. The average molecular weight is 240 g/mol. The van der Waals surface area contributed by atoms with E-state index >= 15 is 0 Å². The molecule has 2 N–H and O–H groups in total. The van der Waals surface area contributed by atoms with Crippen LogP contribution < -0.4 is 10.4 Å². The van der Waals surface area contributed by atoms with Crippen LogP contribution in [-0.4, -0.2) is 32.0 Å². The molecule has 1 unspecified atom stereocenters. The molecule has 0 amide bonds. The molecule has 0 aromatic rings. The third kappa shape index (κ3) is 6.85. The van der Waals surface area contributed by atoms with Gasteiger partial charge in [0.25, 0.3) is 0 Å². The molecule has 4 nitrogen and oxygen atoms in total. The van der Waals surface area contributed by atoms with Crippen LogP contribution in [0.4, 0.5) is 0 Å². The lowest BCUT2D eigenvalue weighted by Gasteiger charge is -2.16. The number of nitrogens with one attached hydrogen (secondary N) is 2. The van der Waals surface area contributed by atoms with E-state index in [0.717, 1.165) is 6.54 Å². The van der Waals surface area contributed by atoms with E-state index in [2.05, 4.69) is 24.3 Å². The van der Waals surface area contributed by atoms with Gasteiger partial charge < -0.3 is 9.84 Å². The minimum absolute atomic E-state index is 0.456. The molecular weight excluding hydrogens is 219 g/mol. The van der Waals surface area contributed by atoms with Crippen LogP contribution in [0, 0.1) is 0 Å². The summed E-state index contributed by atoms with van der Waals surface area (Å²) in [4.78, 5) is 0. The fourth-order valence-electron chi connectivity index (χ4n) is 0.887. The third-order valence-electron chi connectivity index (χ3n) is 1.52. The lowest BCUT2D eigenvalue weighted by molar-refractivity contribution is 0.338. The molecule has 0 heterocycles. The van der Waals surface area contributed by atoms with Crippen LogP contribution in [0.2, 0.25) is 0 Å². The molecule has 0 aliphatic heterocycles. The second-order valence-electron chi connectivity index (χ2n) is 3.11. The van der Waals surface area contributed by atoms with E-state index in [1.165, 1.54) is 11.4 Å². The Labute approximate surface area is 90.8 Å². The van der Waals surface area contributed by atoms with Crippen molar-refractivity contribution in [3.63, 3.8) is 0 Å². The summed E-state index contributed by atoms with van der Waals surface area (Å²) in [5.74, 6) is 0. The Morgan fingerprint density at radius 2 is 2.07 bits per heavy atom. The predicted molar refractivity (Wildman–Crippen MR) is 63.9 cm³/mol. The zero-order chi connectivity index (χ0) is 11.0. The second-order valence-corrected chi connectivity index (χ2v) is 7.59. The van der Waals surface area contributed by atoms with Gasteiger partial charge in [0.15, 0.2) is 0 Å². The Balaban J connectivity index is 3.67. The van der Waals surface area contributed by atoms with Crippen molar-refractivity contribution in [2.24, 2.45) is 0 Å². The molecule has 0 fully saturated rings. The Bertz CT molecular complexity index is 190. The van der Waals surface area contributed by atoms with E-state index in [4.69, 9.17) is 4.52 Å². The summed E-state index contributed by atoms with van der Waals surface area (Å²) < 4.78 is 17.0. The summed E-state index contributed by atoms with van der Waals surface area (Å²) >= 11 is 1.25. The fourth-order valence-corrected chi connectivity index (χ4v) is 3.23. The smallest absolute Gasteiger partial charge is 0.313 e. The van der Waals surface area contributed by atoms with Crippen LogP contribution in [0.5, 0.6) is 0 Å². The van der Waals surface area contributed by atoms with Crippen molar-refractivity contribution in [2.45, 2.75) is 26.8 Å². The molecule has 0 aliphatic rings. The second kappa shape index (κ2) is 7.71. The zero-order valence-electron chi connectivity index (χ0n) is 9.37. The van der Waals surface area contributed by atoms with E-state index < -0.39 is 6.72 Å². The Morgan fingerprint density at radius 3 is 2.50 bits per heavy atom. The van der Waals surface area contributed by atoms with Crippen LogP contribution in [-0.2, 0) is 9.09 Å². The van der Waals surface area contributed by atoms with E-state index in [1.807, 2.05) is 6.92 Å². The molecule has 86 valence electrons. The zero-order valence-corrected chi connectivity index (χ0v) is 11.1. The fraction of sp³-hybridized carbons (Fsp3) is 1.00. The summed E-state index contributed by atoms with van der Waals surface area (Å²) in [6, 6.07) is 0.456. The lowest BCUT2D eigenvalue weighted by atomic mass is 10.4. The Kier molecular flexibility index (Phi) is 7.97. The first kappa shape index (κ1) is 14.5. The summed E-state index contributed by atoms with van der Waals surface area (Å²) in [5.41, 5.74) is 0. The monoisotopic (exact) mass is 240 g/mol. The summed E-state index contributed by atoms with van der Waals surface area (Å²) in [6.07, 6.45) is 1.79. The quantitative estimate of drug-likeness (QED) is 0.502. The summed E-state index contributed by atoms with van der Waals surface area (Å²) in [5, 5.41) is 6.17. The van der Waals surface area contributed by atoms with Gasteiger partial charge in [0.2, 0.25) is 0 Å². The van der Waals surface area contributed by atoms with E-state index in [1.54, 1.807) is 6.26 Å². The normalized spacial score (nSPS) is 15.8. The van der Waals surface area contributed by atoms with Gasteiger partial charge in [0.05, 0.1) is 6.61 Å². The van der Waals surface area contributed by atoms with Crippen molar-refractivity contribution in [3.05, 3.63) is 0 Å². The maximum absolute atomic E-state index is 11.8. The largest absolute Gasteiger partial charge is 0.326 e. The van der Waals surface area contributed by atoms with E-state index in [-0.39, 0.29) is 0 Å². The Hall–Kier alpha value is 0.460.